The molecule has 26 heavy (non-hydrogen) atoms. The van der Waals surface area contributed by atoms with Gasteiger partial charge in [-0.15, -0.1) is 0 Å². The highest BCUT2D eigenvalue weighted by molar-refractivity contribution is 7.91. The molecule has 0 aliphatic carbocycles. The van der Waals surface area contributed by atoms with Crippen molar-refractivity contribution in [3.63, 3.8) is 0 Å². The Balaban J connectivity index is 1.66. The summed E-state index contributed by atoms with van der Waals surface area (Å²) in [5.41, 5.74) is 0.484. The molecule has 3 heterocycles. The average molecular weight is 372 g/mol. The Morgan fingerprint density at radius 1 is 1.23 bits per heavy atom. The molecule has 2 aromatic heterocycles. The second-order valence-electron chi connectivity index (χ2n) is 6.26. The lowest BCUT2D eigenvalue weighted by Crippen LogP contribution is -2.20. The van der Waals surface area contributed by atoms with E-state index in [1.54, 1.807) is 30.3 Å². The third kappa shape index (κ3) is 3.01. The summed E-state index contributed by atoms with van der Waals surface area (Å²) in [5, 5.41) is 7.68. The second-order valence-corrected chi connectivity index (χ2v) is 8.49. The summed E-state index contributed by atoms with van der Waals surface area (Å²) >= 11 is 0. The Hall–Kier alpha value is -2.94. The maximum absolute atomic E-state index is 12.7. The van der Waals surface area contributed by atoms with E-state index in [1.165, 1.54) is 16.9 Å². The van der Waals surface area contributed by atoms with E-state index in [-0.39, 0.29) is 23.1 Å². The Morgan fingerprint density at radius 3 is 2.85 bits per heavy atom. The number of pyridine rings is 1. The molecule has 9 heteroatoms. The number of sulfone groups is 1. The summed E-state index contributed by atoms with van der Waals surface area (Å²) in [6.45, 7) is 0. The highest BCUT2D eigenvalue weighted by Gasteiger charge is 2.31. The van der Waals surface area contributed by atoms with Crippen molar-refractivity contribution >= 4 is 32.5 Å². The molecule has 3 aromatic rings. The van der Waals surface area contributed by atoms with Crippen LogP contribution in [-0.4, -0.2) is 40.6 Å². The molecule has 1 aliphatic rings. The van der Waals surface area contributed by atoms with Gasteiger partial charge in [-0.3, -0.25) is 9.59 Å². The van der Waals surface area contributed by atoms with E-state index in [2.05, 4.69) is 15.4 Å². The van der Waals surface area contributed by atoms with Gasteiger partial charge in [-0.2, -0.15) is 5.10 Å². The minimum Gasteiger partial charge on any atom is -0.321 e. The summed E-state index contributed by atoms with van der Waals surface area (Å²) in [5.74, 6) is 0.154. The SMILES string of the molecule is O=C(Nc1ccnn1C1CCS(=O)(=O)C1)c1cccc2ccc(=O)[nH]c12. The number of H-pyrrole nitrogens is 1. The van der Waals surface area contributed by atoms with E-state index in [0.717, 1.165) is 5.39 Å². The molecule has 4 rings (SSSR count). The van der Waals surface area contributed by atoms with Crippen LogP contribution in [0.2, 0.25) is 0 Å². The van der Waals surface area contributed by atoms with Crippen LogP contribution in [0.25, 0.3) is 10.9 Å². The Kier molecular flexibility index (Phi) is 3.87. The first kappa shape index (κ1) is 16.5. The molecule has 0 spiro atoms. The maximum atomic E-state index is 12.7. The van der Waals surface area contributed by atoms with Gasteiger partial charge in [0, 0.05) is 12.1 Å². The molecular formula is C17H16N4O4S. The van der Waals surface area contributed by atoms with Crippen LogP contribution >= 0.6 is 0 Å². The van der Waals surface area contributed by atoms with E-state index in [4.69, 9.17) is 0 Å². The van der Waals surface area contributed by atoms with Crippen LogP contribution in [0.5, 0.6) is 0 Å². The van der Waals surface area contributed by atoms with E-state index in [9.17, 15) is 18.0 Å². The zero-order valence-electron chi connectivity index (χ0n) is 13.7. The van der Waals surface area contributed by atoms with Gasteiger partial charge < -0.3 is 10.3 Å². The van der Waals surface area contributed by atoms with Crippen LogP contribution in [0.15, 0.2) is 47.4 Å². The van der Waals surface area contributed by atoms with Crippen LogP contribution in [0.1, 0.15) is 22.8 Å². The first-order valence-electron chi connectivity index (χ1n) is 8.10. The van der Waals surface area contributed by atoms with E-state index >= 15 is 0 Å². The Labute approximate surface area is 148 Å². The second kappa shape index (κ2) is 6.10. The third-order valence-electron chi connectivity index (χ3n) is 4.47. The zero-order chi connectivity index (χ0) is 18.3. The summed E-state index contributed by atoms with van der Waals surface area (Å²) in [4.78, 5) is 27.0. The number of fused-ring (bicyclic) bond motifs is 1. The van der Waals surface area contributed by atoms with E-state index in [1.807, 2.05) is 0 Å². The molecule has 0 radical (unpaired) electrons. The molecule has 1 atom stereocenters. The van der Waals surface area contributed by atoms with Crippen LogP contribution < -0.4 is 10.9 Å². The van der Waals surface area contributed by atoms with Gasteiger partial charge in [-0.1, -0.05) is 12.1 Å². The summed E-state index contributed by atoms with van der Waals surface area (Å²) in [6, 6.07) is 9.53. The number of nitrogens with zero attached hydrogens (tertiary/aromatic N) is 2. The molecule has 1 unspecified atom stereocenters. The van der Waals surface area contributed by atoms with Crippen LogP contribution in [0, 0.1) is 0 Å². The molecular weight excluding hydrogens is 356 g/mol. The lowest BCUT2D eigenvalue weighted by Gasteiger charge is -2.14. The number of carbonyl (C=O) groups excluding carboxylic acids is 1. The van der Waals surface area contributed by atoms with Gasteiger partial charge in [-0.25, -0.2) is 13.1 Å². The standard InChI is InChI=1S/C17H16N4O4S/c22-15-5-4-11-2-1-3-13(16(11)20-15)17(23)19-14-6-8-18-21(14)12-7-9-26(24,25)10-12/h1-6,8,12H,7,9-10H2,(H,19,23)(H,20,22). The smallest absolute Gasteiger partial charge is 0.258 e. The number of para-hydroxylation sites is 1. The monoisotopic (exact) mass is 372 g/mol. The molecule has 1 aromatic carbocycles. The predicted molar refractivity (Wildman–Crippen MR) is 97.1 cm³/mol. The Morgan fingerprint density at radius 2 is 2.08 bits per heavy atom. The van der Waals surface area contributed by atoms with Crippen molar-refractivity contribution in [3.8, 4) is 0 Å². The minimum atomic E-state index is -3.07. The molecule has 8 nitrogen and oxygen atoms in total. The number of amides is 1. The van der Waals surface area contributed by atoms with Crippen molar-refractivity contribution in [2.24, 2.45) is 0 Å². The maximum Gasteiger partial charge on any atom is 0.258 e. The number of aromatic amines is 1. The highest BCUT2D eigenvalue weighted by Crippen LogP contribution is 2.26. The number of anilines is 1. The lowest BCUT2D eigenvalue weighted by molar-refractivity contribution is 0.102. The van der Waals surface area contributed by atoms with Crippen LogP contribution in [0.3, 0.4) is 0 Å². The van der Waals surface area contributed by atoms with Gasteiger partial charge in [0.15, 0.2) is 9.84 Å². The van der Waals surface area contributed by atoms with Gasteiger partial charge in [-0.05, 0) is 23.9 Å². The van der Waals surface area contributed by atoms with Gasteiger partial charge >= 0.3 is 0 Å². The minimum absolute atomic E-state index is 0.0130. The molecule has 2 N–H and O–H groups in total. The van der Waals surface area contributed by atoms with Gasteiger partial charge in [0.1, 0.15) is 5.82 Å². The van der Waals surface area contributed by atoms with Crippen molar-refractivity contribution in [2.75, 3.05) is 16.8 Å². The molecule has 0 bridgehead atoms. The summed E-state index contributed by atoms with van der Waals surface area (Å²) < 4.78 is 25.0. The topological polar surface area (TPSA) is 114 Å². The number of hydrogen-bond acceptors (Lipinski definition) is 5. The highest BCUT2D eigenvalue weighted by atomic mass is 32.2. The van der Waals surface area contributed by atoms with Crippen molar-refractivity contribution in [3.05, 3.63) is 58.5 Å². The van der Waals surface area contributed by atoms with E-state index < -0.39 is 15.7 Å². The number of hydrogen-bond donors (Lipinski definition) is 2. The first-order chi connectivity index (χ1) is 12.4. The number of aromatic nitrogens is 3. The molecule has 1 amide bonds. The first-order valence-corrected chi connectivity index (χ1v) is 9.92. The fourth-order valence-corrected chi connectivity index (χ4v) is 4.92. The molecule has 1 aliphatic heterocycles. The fourth-order valence-electron chi connectivity index (χ4n) is 3.22. The van der Waals surface area contributed by atoms with Gasteiger partial charge in [0.2, 0.25) is 5.56 Å². The average Bonchev–Trinajstić information content (AvgIpc) is 3.20. The number of nitrogens with one attached hydrogen (secondary N) is 2. The number of carbonyl (C=O) groups is 1. The fraction of sp³-hybridized carbons (Fsp3) is 0.235. The lowest BCUT2D eigenvalue weighted by atomic mass is 10.1. The Bertz CT molecular complexity index is 1160. The summed E-state index contributed by atoms with van der Waals surface area (Å²) in [6.07, 6.45) is 1.99. The molecule has 1 saturated heterocycles. The van der Waals surface area contributed by atoms with Crippen LogP contribution in [-0.2, 0) is 9.84 Å². The van der Waals surface area contributed by atoms with Crippen molar-refractivity contribution in [1.29, 1.82) is 0 Å². The number of benzene rings is 1. The largest absolute Gasteiger partial charge is 0.321 e. The third-order valence-corrected chi connectivity index (χ3v) is 6.22. The normalized spacial score (nSPS) is 18.8. The van der Waals surface area contributed by atoms with Crippen LogP contribution in [0.4, 0.5) is 5.82 Å². The van der Waals surface area contributed by atoms with Crippen molar-refractivity contribution in [2.45, 2.75) is 12.5 Å². The van der Waals surface area contributed by atoms with Gasteiger partial charge in [0.05, 0.1) is 34.8 Å². The van der Waals surface area contributed by atoms with Crippen molar-refractivity contribution in [1.82, 2.24) is 14.8 Å². The zero-order valence-corrected chi connectivity index (χ0v) is 14.5. The molecule has 0 saturated carbocycles. The molecule has 1 fully saturated rings. The van der Waals surface area contributed by atoms with Crippen molar-refractivity contribution < 1.29 is 13.2 Å². The quantitative estimate of drug-likeness (QED) is 0.720. The summed E-state index contributed by atoms with van der Waals surface area (Å²) in [7, 11) is -3.07. The predicted octanol–water partition coefficient (Wildman–Crippen LogP) is 1.34. The molecule has 134 valence electrons. The number of rotatable bonds is 3. The van der Waals surface area contributed by atoms with Gasteiger partial charge in [0.25, 0.3) is 5.91 Å². The van der Waals surface area contributed by atoms with E-state index in [0.29, 0.717) is 23.3 Å².